The predicted octanol–water partition coefficient (Wildman–Crippen LogP) is 2.66. The van der Waals surface area contributed by atoms with E-state index >= 15 is 0 Å². The summed E-state index contributed by atoms with van der Waals surface area (Å²) in [4.78, 5) is 13.2. The van der Waals surface area contributed by atoms with Gasteiger partial charge in [0.2, 0.25) is 5.88 Å². The Morgan fingerprint density at radius 2 is 2.29 bits per heavy atom. The number of fused-ring (bicyclic) bond motifs is 1. The first-order valence-corrected chi connectivity index (χ1v) is 7.50. The summed E-state index contributed by atoms with van der Waals surface area (Å²) in [5.74, 6) is 1.25. The van der Waals surface area contributed by atoms with E-state index in [2.05, 4.69) is 26.4 Å². The van der Waals surface area contributed by atoms with Crippen LogP contribution in [-0.2, 0) is 10.3 Å². The number of imidazole rings is 1. The van der Waals surface area contributed by atoms with Crippen molar-refractivity contribution in [2.75, 3.05) is 20.3 Å². The molecule has 1 fully saturated rings. The van der Waals surface area contributed by atoms with Gasteiger partial charge in [-0.1, -0.05) is 0 Å². The minimum Gasteiger partial charge on any atom is -0.479 e. The van der Waals surface area contributed by atoms with Crippen LogP contribution in [0.25, 0.3) is 11.2 Å². The molecule has 3 rings (SSSR count). The number of alkyl halides is 1. The molecule has 2 aromatic rings. The van der Waals surface area contributed by atoms with Crippen LogP contribution in [0.2, 0.25) is 0 Å². The lowest BCUT2D eigenvalue weighted by Crippen LogP contribution is -2.40. The van der Waals surface area contributed by atoms with Crippen LogP contribution in [-0.4, -0.2) is 39.8 Å². The molecule has 1 aliphatic heterocycles. The lowest BCUT2D eigenvalue weighted by atomic mass is 9.94. The molecule has 7 heteroatoms. The summed E-state index contributed by atoms with van der Waals surface area (Å²) < 4.78 is 13.1. The second-order valence-corrected chi connectivity index (χ2v) is 6.28. The Morgan fingerprint density at radius 3 is 2.90 bits per heavy atom. The Labute approximate surface area is 128 Å². The van der Waals surface area contributed by atoms with Gasteiger partial charge >= 0.3 is 0 Å². The van der Waals surface area contributed by atoms with Crippen LogP contribution < -0.4 is 4.74 Å². The summed E-state index contributed by atoms with van der Waals surface area (Å²) >= 11 is 6.34. The number of rotatable bonds is 3. The molecule has 1 aliphatic rings. The zero-order valence-electron chi connectivity index (χ0n) is 12.5. The van der Waals surface area contributed by atoms with Crippen molar-refractivity contribution in [3.8, 4) is 5.88 Å². The van der Waals surface area contributed by atoms with Crippen molar-refractivity contribution in [2.45, 2.75) is 37.6 Å². The summed E-state index contributed by atoms with van der Waals surface area (Å²) in [6.45, 7) is 5.49. The molecule has 2 unspecified atom stereocenters. The van der Waals surface area contributed by atoms with E-state index in [1.165, 1.54) is 6.33 Å². The third kappa shape index (κ3) is 2.36. The number of halogens is 1. The van der Waals surface area contributed by atoms with Crippen molar-refractivity contribution < 1.29 is 9.47 Å². The summed E-state index contributed by atoms with van der Waals surface area (Å²) in [7, 11) is 1.58. The monoisotopic (exact) mass is 310 g/mol. The van der Waals surface area contributed by atoms with E-state index in [-0.39, 0.29) is 10.9 Å². The first-order valence-electron chi connectivity index (χ1n) is 7.06. The minimum absolute atomic E-state index is 0.204. The van der Waals surface area contributed by atoms with Crippen LogP contribution in [0.3, 0.4) is 0 Å². The molecule has 1 saturated heterocycles. The van der Waals surface area contributed by atoms with Gasteiger partial charge in [-0.2, -0.15) is 4.98 Å². The predicted molar refractivity (Wildman–Crippen MR) is 79.8 cm³/mol. The van der Waals surface area contributed by atoms with Crippen LogP contribution >= 0.6 is 11.6 Å². The van der Waals surface area contributed by atoms with E-state index in [4.69, 9.17) is 21.1 Å². The van der Waals surface area contributed by atoms with E-state index in [0.717, 1.165) is 30.9 Å². The number of aromatic nitrogens is 4. The van der Waals surface area contributed by atoms with Crippen molar-refractivity contribution in [3.05, 3.63) is 12.2 Å². The fourth-order valence-corrected chi connectivity index (χ4v) is 3.08. The molecule has 2 atom stereocenters. The molecule has 21 heavy (non-hydrogen) atoms. The van der Waals surface area contributed by atoms with Gasteiger partial charge in [0.1, 0.15) is 12.2 Å². The van der Waals surface area contributed by atoms with Gasteiger partial charge in [-0.05, 0) is 26.7 Å². The molecule has 0 bridgehead atoms. The second kappa shape index (κ2) is 5.42. The first kappa shape index (κ1) is 14.5. The van der Waals surface area contributed by atoms with Crippen LogP contribution in [0.5, 0.6) is 5.88 Å². The highest BCUT2D eigenvalue weighted by Crippen LogP contribution is 2.36. The Bertz CT molecular complexity index is 650. The molecule has 0 saturated carbocycles. The average Bonchev–Trinajstić information content (AvgIpc) is 2.88. The molecule has 0 spiro atoms. The van der Waals surface area contributed by atoms with Crippen molar-refractivity contribution >= 4 is 22.8 Å². The second-order valence-electron chi connectivity index (χ2n) is 5.63. The molecule has 0 N–H and O–H groups in total. The third-order valence-electron chi connectivity index (χ3n) is 3.94. The maximum absolute atomic E-state index is 6.34. The van der Waals surface area contributed by atoms with Gasteiger partial charge in [-0.25, -0.2) is 9.97 Å². The van der Waals surface area contributed by atoms with E-state index < -0.39 is 0 Å². The van der Waals surface area contributed by atoms with E-state index in [0.29, 0.717) is 18.0 Å². The topological polar surface area (TPSA) is 62.1 Å². The highest BCUT2D eigenvalue weighted by Gasteiger charge is 2.35. The molecule has 0 aromatic carbocycles. The summed E-state index contributed by atoms with van der Waals surface area (Å²) in [6.07, 6.45) is 3.50. The molecule has 3 heterocycles. The zero-order chi connectivity index (χ0) is 15.0. The first-order chi connectivity index (χ1) is 10.1. The van der Waals surface area contributed by atoms with Gasteiger partial charge < -0.3 is 14.0 Å². The van der Waals surface area contributed by atoms with Crippen LogP contribution in [0.4, 0.5) is 0 Å². The largest absolute Gasteiger partial charge is 0.479 e. The maximum Gasteiger partial charge on any atom is 0.245 e. The third-order valence-corrected chi connectivity index (χ3v) is 4.14. The van der Waals surface area contributed by atoms with E-state index in [9.17, 15) is 0 Å². The van der Waals surface area contributed by atoms with Crippen molar-refractivity contribution in [1.29, 1.82) is 0 Å². The highest BCUT2D eigenvalue weighted by molar-refractivity contribution is 6.20. The fraction of sp³-hybridized carbons (Fsp3) is 0.643. The Hall–Kier alpha value is -1.40. The molecule has 114 valence electrons. The summed E-state index contributed by atoms with van der Waals surface area (Å²) in [5.41, 5.74) is 1.19. The molecule has 6 nitrogen and oxygen atoms in total. The van der Waals surface area contributed by atoms with Gasteiger partial charge in [0.05, 0.1) is 24.6 Å². The van der Waals surface area contributed by atoms with E-state index in [1.807, 2.05) is 6.92 Å². The standard InChI is InChI=1S/C14H19ClN4O2/c1-9(15)11-18-10-12(16-8-17-13(10)20-3)19(11)14(2)5-4-6-21-7-14/h8-9H,4-7H2,1-3H3. The average molecular weight is 311 g/mol. The SMILES string of the molecule is COc1ncnc2c1nc(C(C)Cl)n2C1(C)CCCOC1. The van der Waals surface area contributed by atoms with Crippen molar-refractivity contribution in [2.24, 2.45) is 0 Å². The molecule has 0 amide bonds. The normalized spacial score (nSPS) is 24.2. The molecular weight excluding hydrogens is 292 g/mol. The molecule has 2 aromatic heterocycles. The van der Waals surface area contributed by atoms with Gasteiger partial charge in [-0.3, -0.25) is 0 Å². The lowest BCUT2D eigenvalue weighted by molar-refractivity contribution is 0.00987. The smallest absolute Gasteiger partial charge is 0.245 e. The van der Waals surface area contributed by atoms with Gasteiger partial charge in [0.25, 0.3) is 0 Å². The molecular formula is C14H19ClN4O2. The Balaban J connectivity index is 2.26. The number of hydrogen-bond acceptors (Lipinski definition) is 5. The van der Waals surface area contributed by atoms with Crippen LogP contribution in [0, 0.1) is 0 Å². The molecule has 0 aliphatic carbocycles. The number of hydrogen-bond donors (Lipinski definition) is 0. The van der Waals surface area contributed by atoms with Crippen molar-refractivity contribution in [3.63, 3.8) is 0 Å². The highest BCUT2D eigenvalue weighted by atomic mass is 35.5. The zero-order valence-corrected chi connectivity index (χ0v) is 13.2. The van der Waals surface area contributed by atoms with E-state index in [1.54, 1.807) is 7.11 Å². The van der Waals surface area contributed by atoms with Crippen LogP contribution in [0.15, 0.2) is 6.33 Å². The van der Waals surface area contributed by atoms with Gasteiger partial charge in [0.15, 0.2) is 11.2 Å². The van der Waals surface area contributed by atoms with Gasteiger partial charge in [-0.15, -0.1) is 11.6 Å². The summed E-state index contributed by atoms with van der Waals surface area (Å²) in [5, 5.41) is -0.234. The minimum atomic E-state index is -0.234. The quantitative estimate of drug-likeness (QED) is 0.816. The number of nitrogens with zero attached hydrogens (tertiary/aromatic N) is 4. The Morgan fingerprint density at radius 1 is 1.48 bits per heavy atom. The van der Waals surface area contributed by atoms with Crippen molar-refractivity contribution in [1.82, 2.24) is 19.5 Å². The lowest BCUT2D eigenvalue weighted by Gasteiger charge is -2.36. The molecule has 0 radical (unpaired) electrons. The number of ether oxygens (including phenoxy) is 2. The van der Waals surface area contributed by atoms with Crippen LogP contribution in [0.1, 0.15) is 37.9 Å². The Kier molecular flexibility index (Phi) is 3.75. The maximum atomic E-state index is 6.34. The fourth-order valence-electron chi connectivity index (χ4n) is 2.93. The van der Waals surface area contributed by atoms with Gasteiger partial charge in [0, 0.05) is 6.61 Å². The number of methoxy groups -OCH3 is 1. The summed E-state index contributed by atoms with van der Waals surface area (Å²) in [6, 6.07) is 0.